The summed E-state index contributed by atoms with van der Waals surface area (Å²) in [5.74, 6) is 0.679. The molecule has 0 unspecified atom stereocenters. The lowest BCUT2D eigenvalue weighted by molar-refractivity contribution is -0.119. The summed E-state index contributed by atoms with van der Waals surface area (Å²) in [5.41, 5.74) is 0.778. The summed E-state index contributed by atoms with van der Waals surface area (Å²) in [6, 6.07) is 6.43. The first-order valence-corrected chi connectivity index (χ1v) is 10.4. The molecular weight excluding hydrogens is 363 g/mol. The third-order valence-electron chi connectivity index (χ3n) is 4.68. The molecule has 3 rings (SSSR count). The van der Waals surface area contributed by atoms with Crippen LogP contribution in [-0.4, -0.2) is 32.5 Å². The summed E-state index contributed by atoms with van der Waals surface area (Å²) in [6.45, 7) is 4.30. The lowest BCUT2D eigenvalue weighted by Gasteiger charge is -2.16. The molecule has 1 N–H and O–H groups in total. The maximum atomic E-state index is 13.2. The third kappa shape index (κ3) is 5.42. The number of amides is 1. The lowest BCUT2D eigenvalue weighted by atomic mass is 10.1. The number of thioether (sulfide) groups is 1. The fourth-order valence-electron chi connectivity index (χ4n) is 3.32. The average Bonchev–Trinajstić information content (AvgIpc) is 2.88. The molecule has 0 spiro atoms. The van der Waals surface area contributed by atoms with Gasteiger partial charge < -0.3 is 5.32 Å². The Morgan fingerprint density at radius 2 is 1.93 bits per heavy atom. The number of nitrogens with one attached hydrogen (secondary N) is 1. The number of carbonyl (C=O) groups excluding carboxylic acids is 1. The fourth-order valence-corrected chi connectivity index (χ4v) is 4.08. The summed E-state index contributed by atoms with van der Waals surface area (Å²) in [7, 11) is 0. The summed E-state index contributed by atoms with van der Waals surface area (Å²) in [4.78, 5) is 12.3. The van der Waals surface area contributed by atoms with Crippen LogP contribution in [0, 0.1) is 5.82 Å². The van der Waals surface area contributed by atoms with Crippen molar-refractivity contribution in [3.8, 4) is 11.4 Å². The average molecular weight is 389 g/mol. The monoisotopic (exact) mass is 388 g/mol. The largest absolute Gasteiger partial charge is 0.353 e. The minimum absolute atomic E-state index is 0.0309. The van der Waals surface area contributed by atoms with Crippen molar-refractivity contribution in [1.82, 2.24) is 20.1 Å². The van der Waals surface area contributed by atoms with Gasteiger partial charge >= 0.3 is 0 Å². The van der Waals surface area contributed by atoms with E-state index < -0.39 is 0 Å². The Morgan fingerprint density at radius 3 is 2.59 bits per heavy atom. The molecule has 0 radical (unpaired) electrons. The number of allylic oxidation sites excluding steroid dienone is 1. The number of carbonyl (C=O) groups is 1. The van der Waals surface area contributed by atoms with E-state index in [0.717, 1.165) is 18.4 Å². The van der Waals surface area contributed by atoms with E-state index in [1.54, 1.807) is 18.2 Å². The van der Waals surface area contributed by atoms with Crippen molar-refractivity contribution >= 4 is 17.7 Å². The van der Waals surface area contributed by atoms with Crippen molar-refractivity contribution in [2.45, 2.75) is 56.3 Å². The number of rotatable bonds is 7. The zero-order valence-electron chi connectivity index (χ0n) is 15.4. The summed E-state index contributed by atoms with van der Waals surface area (Å²) < 4.78 is 15.1. The van der Waals surface area contributed by atoms with E-state index in [4.69, 9.17) is 0 Å². The highest BCUT2D eigenvalue weighted by Crippen LogP contribution is 2.24. The van der Waals surface area contributed by atoms with Crippen LogP contribution in [0.5, 0.6) is 0 Å². The van der Waals surface area contributed by atoms with Gasteiger partial charge in [0.15, 0.2) is 11.0 Å². The van der Waals surface area contributed by atoms with Gasteiger partial charge in [0.05, 0.1) is 5.75 Å². The highest BCUT2D eigenvalue weighted by atomic mass is 32.2. The molecule has 5 nitrogen and oxygen atoms in total. The van der Waals surface area contributed by atoms with Crippen molar-refractivity contribution in [3.05, 3.63) is 42.7 Å². The first-order chi connectivity index (χ1) is 13.2. The van der Waals surface area contributed by atoms with E-state index in [2.05, 4.69) is 22.1 Å². The van der Waals surface area contributed by atoms with E-state index in [-0.39, 0.29) is 11.7 Å². The topological polar surface area (TPSA) is 59.8 Å². The van der Waals surface area contributed by atoms with Gasteiger partial charge in [0.25, 0.3) is 0 Å². The molecule has 0 aliphatic heterocycles. The molecule has 1 aromatic heterocycles. The van der Waals surface area contributed by atoms with Gasteiger partial charge in [-0.05, 0) is 37.1 Å². The van der Waals surface area contributed by atoms with E-state index in [1.807, 2.05) is 4.57 Å². The van der Waals surface area contributed by atoms with Crippen molar-refractivity contribution in [2.24, 2.45) is 0 Å². The van der Waals surface area contributed by atoms with E-state index >= 15 is 0 Å². The number of hydrogen-bond donors (Lipinski definition) is 1. The van der Waals surface area contributed by atoms with Crippen LogP contribution in [0.4, 0.5) is 4.39 Å². The normalized spacial score (nSPS) is 15.3. The Hall–Kier alpha value is -2.15. The standard InChI is InChI=1S/C20H25FN4OS/c1-2-13-25-19(15-9-11-16(21)12-10-15)23-24-20(25)27-14-18(26)22-17-7-5-3-4-6-8-17/h2,9-12,17H,1,3-8,13-14H2,(H,22,26). The van der Waals surface area contributed by atoms with Gasteiger partial charge in [0.2, 0.25) is 5.91 Å². The molecule has 2 aromatic rings. The molecule has 1 fully saturated rings. The van der Waals surface area contributed by atoms with Crippen LogP contribution < -0.4 is 5.32 Å². The highest BCUT2D eigenvalue weighted by Gasteiger charge is 2.17. The minimum atomic E-state index is -0.293. The molecule has 1 heterocycles. The predicted molar refractivity (Wildman–Crippen MR) is 106 cm³/mol. The van der Waals surface area contributed by atoms with Crippen LogP contribution in [0.1, 0.15) is 38.5 Å². The van der Waals surface area contributed by atoms with Gasteiger partial charge in [-0.25, -0.2) is 4.39 Å². The van der Waals surface area contributed by atoms with Crippen molar-refractivity contribution < 1.29 is 9.18 Å². The van der Waals surface area contributed by atoms with Crippen LogP contribution in [0.2, 0.25) is 0 Å². The second-order valence-electron chi connectivity index (χ2n) is 6.76. The molecule has 1 amide bonds. The molecule has 0 atom stereocenters. The SMILES string of the molecule is C=CCn1c(SCC(=O)NC2CCCCCC2)nnc1-c1ccc(F)cc1. The van der Waals surface area contributed by atoms with Crippen LogP contribution in [-0.2, 0) is 11.3 Å². The van der Waals surface area contributed by atoms with E-state index in [9.17, 15) is 9.18 Å². The van der Waals surface area contributed by atoms with Gasteiger partial charge in [-0.3, -0.25) is 9.36 Å². The second kappa shape index (κ2) is 9.69. The minimum Gasteiger partial charge on any atom is -0.353 e. The Labute approximate surface area is 163 Å². The Kier molecular flexibility index (Phi) is 7.04. The lowest BCUT2D eigenvalue weighted by Crippen LogP contribution is -2.35. The molecule has 27 heavy (non-hydrogen) atoms. The van der Waals surface area contributed by atoms with Gasteiger partial charge in [0, 0.05) is 18.2 Å². The molecule has 1 aliphatic rings. The predicted octanol–water partition coefficient (Wildman–Crippen LogP) is 4.20. The highest BCUT2D eigenvalue weighted by molar-refractivity contribution is 7.99. The maximum Gasteiger partial charge on any atom is 0.230 e. The zero-order chi connectivity index (χ0) is 19.1. The van der Waals surface area contributed by atoms with Crippen LogP contribution in [0.15, 0.2) is 42.1 Å². The molecule has 144 valence electrons. The van der Waals surface area contributed by atoms with E-state index in [0.29, 0.717) is 29.3 Å². The van der Waals surface area contributed by atoms with Gasteiger partial charge in [-0.2, -0.15) is 0 Å². The third-order valence-corrected chi connectivity index (χ3v) is 5.65. The van der Waals surface area contributed by atoms with E-state index in [1.165, 1.54) is 49.6 Å². The Morgan fingerprint density at radius 1 is 1.22 bits per heavy atom. The molecule has 1 saturated carbocycles. The van der Waals surface area contributed by atoms with Crippen molar-refractivity contribution in [3.63, 3.8) is 0 Å². The van der Waals surface area contributed by atoms with Crippen molar-refractivity contribution in [1.29, 1.82) is 0 Å². The first-order valence-electron chi connectivity index (χ1n) is 9.39. The number of benzene rings is 1. The molecule has 0 bridgehead atoms. The summed E-state index contributed by atoms with van der Waals surface area (Å²) in [6.07, 6.45) is 8.79. The van der Waals surface area contributed by atoms with Gasteiger partial charge in [-0.15, -0.1) is 16.8 Å². The van der Waals surface area contributed by atoms with Crippen LogP contribution in [0.3, 0.4) is 0 Å². The fraction of sp³-hybridized carbons (Fsp3) is 0.450. The van der Waals surface area contributed by atoms with Gasteiger partial charge in [0.1, 0.15) is 5.82 Å². The summed E-state index contributed by atoms with van der Waals surface area (Å²) in [5, 5.41) is 12.3. The smallest absolute Gasteiger partial charge is 0.230 e. The van der Waals surface area contributed by atoms with Crippen LogP contribution >= 0.6 is 11.8 Å². The van der Waals surface area contributed by atoms with Crippen LogP contribution in [0.25, 0.3) is 11.4 Å². The quantitative estimate of drug-likeness (QED) is 0.439. The zero-order valence-corrected chi connectivity index (χ0v) is 16.2. The number of nitrogens with zero attached hydrogens (tertiary/aromatic N) is 3. The second-order valence-corrected chi connectivity index (χ2v) is 7.70. The molecule has 0 saturated heterocycles. The number of hydrogen-bond acceptors (Lipinski definition) is 4. The number of halogens is 1. The Bertz CT molecular complexity index is 767. The first kappa shape index (κ1) is 19.6. The number of aromatic nitrogens is 3. The maximum absolute atomic E-state index is 13.2. The summed E-state index contributed by atoms with van der Waals surface area (Å²) >= 11 is 1.36. The van der Waals surface area contributed by atoms with Gasteiger partial charge in [-0.1, -0.05) is 43.5 Å². The van der Waals surface area contributed by atoms with Crippen molar-refractivity contribution in [2.75, 3.05) is 5.75 Å². The molecule has 1 aliphatic carbocycles. The molecular formula is C20H25FN4OS. The Balaban J connectivity index is 1.64. The molecule has 7 heteroatoms. The molecule has 1 aromatic carbocycles.